The third-order valence-electron chi connectivity index (χ3n) is 3.26. The van der Waals surface area contributed by atoms with E-state index in [2.05, 4.69) is 21.0 Å². The molecule has 0 radical (unpaired) electrons. The van der Waals surface area contributed by atoms with Gasteiger partial charge in [0.05, 0.1) is 5.52 Å². The molecule has 0 saturated carbocycles. The van der Waals surface area contributed by atoms with Crippen LogP contribution < -0.4 is 0 Å². The van der Waals surface area contributed by atoms with Gasteiger partial charge in [0.15, 0.2) is 0 Å². The number of halogens is 1. The van der Waals surface area contributed by atoms with E-state index in [0.29, 0.717) is 0 Å². The van der Waals surface area contributed by atoms with Gasteiger partial charge >= 0.3 is 0 Å². The molecular weight excluding hydrogens is 302 g/mol. The summed E-state index contributed by atoms with van der Waals surface area (Å²) in [6.45, 7) is 0. The smallest absolute Gasteiger partial charge is 0.128 e. The molecule has 4 aromatic rings. The van der Waals surface area contributed by atoms with Gasteiger partial charge < -0.3 is 4.98 Å². The third kappa shape index (κ3) is 2.26. The second-order valence-electron chi connectivity index (χ2n) is 4.63. The maximum Gasteiger partial charge on any atom is 0.128 e. The van der Waals surface area contributed by atoms with Crippen molar-refractivity contribution >= 4 is 45.3 Å². The van der Waals surface area contributed by atoms with E-state index < -0.39 is 0 Å². The quantitative estimate of drug-likeness (QED) is 0.534. The van der Waals surface area contributed by atoms with E-state index in [0.717, 1.165) is 36.9 Å². The molecule has 1 N–H and O–H groups in total. The first-order valence-electron chi connectivity index (χ1n) is 6.46. The van der Waals surface area contributed by atoms with E-state index in [1.807, 2.05) is 42.5 Å². The van der Waals surface area contributed by atoms with E-state index in [4.69, 9.17) is 11.6 Å². The second-order valence-corrected chi connectivity index (χ2v) is 6.13. The number of H-pyrrole nitrogens is 1. The van der Waals surface area contributed by atoms with Crippen LogP contribution in [0.25, 0.3) is 21.9 Å². The number of rotatable bonds is 2. The van der Waals surface area contributed by atoms with Gasteiger partial charge in [-0.2, -0.15) is 0 Å². The first-order valence-corrected chi connectivity index (χ1v) is 7.65. The fourth-order valence-electron chi connectivity index (χ4n) is 2.34. The zero-order valence-electron chi connectivity index (χ0n) is 10.9. The zero-order valence-corrected chi connectivity index (χ0v) is 12.4. The molecule has 3 nitrogen and oxygen atoms in total. The largest absolute Gasteiger partial charge is 0.351 e. The van der Waals surface area contributed by atoms with E-state index in [1.165, 1.54) is 0 Å². The molecule has 2 aromatic heterocycles. The van der Waals surface area contributed by atoms with Crippen LogP contribution in [0.5, 0.6) is 0 Å². The molecule has 0 atom stereocenters. The monoisotopic (exact) mass is 311 g/mol. The maximum absolute atomic E-state index is 6.04. The van der Waals surface area contributed by atoms with Gasteiger partial charge in [0.1, 0.15) is 16.9 Å². The first-order chi connectivity index (χ1) is 10.3. The van der Waals surface area contributed by atoms with Gasteiger partial charge in [0.25, 0.3) is 0 Å². The fourth-order valence-corrected chi connectivity index (χ4v) is 3.50. The molecule has 0 aliphatic heterocycles. The lowest BCUT2D eigenvalue weighted by atomic mass is 10.2. The van der Waals surface area contributed by atoms with Crippen LogP contribution in [-0.2, 0) is 0 Å². The molecule has 0 saturated heterocycles. The van der Waals surface area contributed by atoms with Crippen molar-refractivity contribution in [2.75, 3.05) is 0 Å². The van der Waals surface area contributed by atoms with Crippen LogP contribution in [0.15, 0.2) is 64.8 Å². The van der Waals surface area contributed by atoms with Crippen LogP contribution in [0.4, 0.5) is 0 Å². The highest BCUT2D eigenvalue weighted by Crippen LogP contribution is 2.34. The Morgan fingerprint density at radius 2 is 1.90 bits per heavy atom. The molecule has 0 amide bonds. The van der Waals surface area contributed by atoms with Crippen molar-refractivity contribution in [3.05, 3.63) is 59.9 Å². The second kappa shape index (κ2) is 5.06. The Bertz CT molecular complexity index is 948. The molecule has 102 valence electrons. The lowest BCUT2D eigenvalue weighted by molar-refractivity contribution is 1.09. The molecule has 0 bridgehead atoms. The summed E-state index contributed by atoms with van der Waals surface area (Å²) in [4.78, 5) is 13.3. The molecule has 0 aliphatic rings. The molecule has 4 rings (SSSR count). The molecule has 0 unspecified atom stereocenters. The van der Waals surface area contributed by atoms with Crippen molar-refractivity contribution in [3.8, 4) is 0 Å². The van der Waals surface area contributed by atoms with Crippen LogP contribution in [-0.4, -0.2) is 15.0 Å². The van der Waals surface area contributed by atoms with Gasteiger partial charge in [0.2, 0.25) is 0 Å². The normalized spacial score (nSPS) is 11.3. The van der Waals surface area contributed by atoms with Gasteiger partial charge in [-0.05, 0) is 24.3 Å². The molecule has 2 heterocycles. The number of hydrogen-bond acceptors (Lipinski definition) is 3. The van der Waals surface area contributed by atoms with Crippen LogP contribution in [0, 0.1) is 0 Å². The van der Waals surface area contributed by atoms with Gasteiger partial charge in [-0.1, -0.05) is 47.6 Å². The summed E-state index contributed by atoms with van der Waals surface area (Å²) >= 11 is 7.62. The Labute approximate surface area is 130 Å². The van der Waals surface area contributed by atoms with E-state index in [-0.39, 0.29) is 0 Å². The minimum Gasteiger partial charge on any atom is -0.351 e. The summed E-state index contributed by atoms with van der Waals surface area (Å²) in [6, 6.07) is 15.9. The number of hydrogen-bond donors (Lipinski definition) is 1. The van der Waals surface area contributed by atoms with Crippen LogP contribution in [0.1, 0.15) is 0 Å². The predicted octanol–water partition coefficient (Wildman–Crippen LogP) is 4.92. The number of aromatic nitrogens is 3. The minimum absolute atomic E-state index is 0.724. The van der Waals surface area contributed by atoms with Gasteiger partial charge in [-0.15, -0.1) is 0 Å². The fraction of sp³-hybridized carbons (Fsp3) is 0. The molecule has 0 spiro atoms. The van der Waals surface area contributed by atoms with Crippen LogP contribution in [0.2, 0.25) is 5.02 Å². The van der Waals surface area contributed by atoms with Gasteiger partial charge in [-0.25, -0.2) is 9.97 Å². The van der Waals surface area contributed by atoms with E-state index >= 15 is 0 Å². The summed E-state index contributed by atoms with van der Waals surface area (Å²) in [7, 11) is 0. The van der Waals surface area contributed by atoms with Crippen LogP contribution >= 0.6 is 23.4 Å². The maximum atomic E-state index is 6.04. The Morgan fingerprint density at radius 1 is 1.00 bits per heavy atom. The summed E-state index contributed by atoms with van der Waals surface area (Å²) in [6.07, 6.45) is 1.61. The Hall–Kier alpha value is -2.04. The number of nitrogens with one attached hydrogen (secondary N) is 1. The number of aromatic amines is 1. The van der Waals surface area contributed by atoms with E-state index in [1.54, 1.807) is 18.1 Å². The van der Waals surface area contributed by atoms with E-state index in [9.17, 15) is 0 Å². The van der Waals surface area contributed by atoms with Crippen molar-refractivity contribution < 1.29 is 0 Å². The molecular formula is C16H10ClN3S. The van der Waals surface area contributed by atoms with Gasteiger partial charge in [0, 0.05) is 20.8 Å². The van der Waals surface area contributed by atoms with Crippen molar-refractivity contribution in [2.45, 2.75) is 9.92 Å². The van der Waals surface area contributed by atoms with Gasteiger partial charge in [-0.3, -0.25) is 0 Å². The lowest BCUT2D eigenvalue weighted by Gasteiger charge is -2.02. The third-order valence-corrected chi connectivity index (χ3v) is 4.49. The van der Waals surface area contributed by atoms with Crippen LogP contribution in [0.3, 0.4) is 0 Å². The van der Waals surface area contributed by atoms with Crippen molar-refractivity contribution in [1.82, 2.24) is 15.0 Å². The highest BCUT2D eigenvalue weighted by molar-refractivity contribution is 7.99. The zero-order chi connectivity index (χ0) is 14.2. The summed E-state index contributed by atoms with van der Waals surface area (Å²) < 4.78 is 0. The highest BCUT2D eigenvalue weighted by atomic mass is 35.5. The molecule has 0 aliphatic carbocycles. The SMILES string of the molecule is Clc1cccc(Sc2ncnc3c2[nH]c2ccccc23)c1. The average Bonchev–Trinajstić information content (AvgIpc) is 2.87. The summed E-state index contributed by atoms with van der Waals surface area (Å²) in [5.74, 6) is 0. The van der Waals surface area contributed by atoms with Crippen molar-refractivity contribution in [3.63, 3.8) is 0 Å². The molecule has 21 heavy (non-hydrogen) atoms. The summed E-state index contributed by atoms with van der Waals surface area (Å²) in [5.41, 5.74) is 2.98. The van der Waals surface area contributed by atoms with Crippen molar-refractivity contribution in [2.24, 2.45) is 0 Å². The Morgan fingerprint density at radius 3 is 2.81 bits per heavy atom. The molecule has 2 aromatic carbocycles. The number of para-hydroxylation sites is 1. The summed E-state index contributed by atoms with van der Waals surface area (Å²) in [5, 5.41) is 2.74. The first kappa shape index (κ1) is 12.7. The average molecular weight is 312 g/mol. The highest BCUT2D eigenvalue weighted by Gasteiger charge is 2.11. The Balaban J connectivity index is 1.89. The molecule has 5 heteroatoms. The minimum atomic E-state index is 0.724. The molecule has 0 fully saturated rings. The number of benzene rings is 2. The number of nitrogens with zero attached hydrogens (tertiary/aromatic N) is 2. The van der Waals surface area contributed by atoms with Crippen molar-refractivity contribution in [1.29, 1.82) is 0 Å². The number of fused-ring (bicyclic) bond motifs is 3. The topological polar surface area (TPSA) is 41.6 Å². The standard InChI is InChI=1S/C16H10ClN3S/c17-10-4-3-5-11(8-10)21-16-15-14(18-9-19-16)12-6-1-2-7-13(12)20-15/h1-9,20H. The lowest BCUT2D eigenvalue weighted by Crippen LogP contribution is -1.85. The Kier molecular flexibility index (Phi) is 3.05. The predicted molar refractivity (Wildman–Crippen MR) is 87.0 cm³/mol.